The molecule has 1 aromatic carbocycles. The Balaban J connectivity index is 1.92. The summed E-state index contributed by atoms with van der Waals surface area (Å²) in [7, 11) is 0. The molecule has 0 radical (unpaired) electrons. The minimum absolute atomic E-state index is 0.695. The number of aromatic nitrogens is 3. The van der Waals surface area contributed by atoms with Gasteiger partial charge in [-0.1, -0.05) is 15.9 Å². The second-order valence-electron chi connectivity index (χ2n) is 3.59. The summed E-state index contributed by atoms with van der Waals surface area (Å²) in [5, 5.41) is 3.19. The summed E-state index contributed by atoms with van der Waals surface area (Å²) < 4.78 is 1.05. The zero-order valence-electron chi connectivity index (χ0n) is 8.81. The van der Waals surface area contributed by atoms with Crippen LogP contribution >= 0.6 is 15.9 Å². The van der Waals surface area contributed by atoms with Crippen molar-refractivity contribution in [1.82, 2.24) is 15.0 Å². The van der Waals surface area contributed by atoms with Gasteiger partial charge in [0.1, 0.15) is 0 Å². The number of nitrogens with one attached hydrogen (secondary N) is 2. The molecule has 17 heavy (non-hydrogen) atoms. The van der Waals surface area contributed by atoms with Crippen LogP contribution in [-0.4, -0.2) is 15.0 Å². The Morgan fingerprint density at radius 3 is 2.71 bits per heavy atom. The smallest absolute Gasteiger partial charge is 0.207 e. The molecule has 2 heterocycles. The first kappa shape index (κ1) is 10.3. The van der Waals surface area contributed by atoms with E-state index in [1.807, 2.05) is 36.4 Å². The van der Waals surface area contributed by atoms with Crippen LogP contribution < -0.4 is 5.32 Å². The highest BCUT2D eigenvalue weighted by Crippen LogP contribution is 2.18. The van der Waals surface area contributed by atoms with Crippen LogP contribution in [0.25, 0.3) is 11.2 Å². The summed E-state index contributed by atoms with van der Waals surface area (Å²) >= 11 is 3.40. The maximum absolute atomic E-state index is 4.34. The predicted molar refractivity (Wildman–Crippen MR) is 71.3 cm³/mol. The molecule has 3 aromatic rings. The normalized spacial score (nSPS) is 10.6. The van der Waals surface area contributed by atoms with Gasteiger partial charge in [0, 0.05) is 16.4 Å². The van der Waals surface area contributed by atoms with Gasteiger partial charge >= 0.3 is 0 Å². The molecule has 0 aliphatic rings. The molecule has 0 saturated heterocycles. The van der Waals surface area contributed by atoms with Crippen LogP contribution in [0.15, 0.2) is 47.1 Å². The van der Waals surface area contributed by atoms with Crippen LogP contribution in [0.5, 0.6) is 0 Å². The molecule has 4 nitrogen and oxygen atoms in total. The highest BCUT2D eigenvalue weighted by atomic mass is 79.9. The van der Waals surface area contributed by atoms with Gasteiger partial charge in [-0.3, -0.25) is 0 Å². The summed E-state index contributed by atoms with van der Waals surface area (Å²) in [6, 6.07) is 11.7. The van der Waals surface area contributed by atoms with E-state index in [0.717, 1.165) is 15.7 Å². The lowest BCUT2D eigenvalue weighted by Gasteiger charge is -2.01. The average molecular weight is 289 g/mol. The van der Waals surface area contributed by atoms with E-state index in [4.69, 9.17) is 0 Å². The van der Waals surface area contributed by atoms with Crippen LogP contribution in [0.2, 0.25) is 0 Å². The Bertz CT molecular complexity index is 612. The minimum atomic E-state index is 0.695. The third-order valence-electron chi connectivity index (χ3n) is 2.36. The van der Waals surface area contributed by atoms with Crippen molar-refractivity contribution in [1.29, 1.82) is 0 Å². The predicted octanol–water partition coefficient (Wildman–Crippen LogP) is 3.46. The van der Waals surface area contributed by atoms with Gasteiger partial charge in [0.05, 0.1) is 5.52 Å². The zero-order valence-corrected chi connectivity index (χ0v) is 10.4. The molecule has 5 heteroatoms. The number of fused-ring (bicyclic) bond motifs is 1. The maximum Gasteiger partial charge on any atom is 0.207 e. The summed E-state index contributed by atoms with van der Waals surface area (Å²) in [5.74, 6) is 0.695. The number of pyridine rings is 1. The summed E-state index contributed by atoms with van der Waals surface area (Å²) in [6.07, 6.45) is 1.73. The first-order valence-electron chi connectivity index (χ1n) is 5.14. The van der Waals surface area contributed by atoms with Gasteiger partial charge in [0.2, 0.25) is 5.95 Å². The van der Waals surface area contributed by atoms with E-state index in [1.165, 1.54) is 0 Å². The number of H-pyrrole nitrogens is 1. The number of rotatable bonds is 2. The van der Waals surface area contributed by atoms with Gasteiger partial charge < -0.3 is 10.3 Å². The van der Waals surface area contributed by atoms with Crippen LogP contribution in [0.4, 0.5) is 11.6 Å². The van der Waals surface area contributed by atoms with Gasteiger partial charge in [-0.25, -0.2) is 4.98 Å². The molecule has 2 aromatic heterocycles. The summed E-state index contributed by atoms with van der Waals surface area (Å²) in [4.78, 5) is 11.7. The second-order valence-corrected chi connectivity index (χ2v) is 4.51. The zero-order chi connectivity index (χ0) is 11.7. The van der Waals surface area contributed by atoms with E-state index in [9.17, 15) is 0 Å². The lowest BCUT2D eigenvalue weighted by Crippen LogP contribution is -1.91. The highest BCUT2D eigenvalue weighted by molar-refractivity contribution is 9.10. The number of halogens is 1. The number of hydrogen-bond acceptors (Lipinski definition) is 3. The second kappa shape index (κ2) is 4.18. The molecule has 3 rings (SSSR count). The Labute approximate surface area is 106 Å². The number of aromatic amines is 1. The number of hydrogen-bond donors (Lipinski definition) is 2. The van der Waals surface area contributed by atoms with Crippen molar-refractivity contribution < 1.29 is 0 Å². The lowest BCUT2D eigenvalue weighted by atomic mass is 10.3. The van der Waals surface area contributed by atoms with E-state index in [-0.39, 0.29) is 0 Å². The molecular formula is C12H9BrN4. The van der Waals surface area contributed by atoms with Crippen molar-refractivity contribution >= 4 is 38.7 Å². The van der Waals surface area contributed by atoms with Crippen molar-refractivity contribution in [2.75, 3.05) is 5.32 Å². The van der Waals surface area contributed by atoms with Crippen molar-refractivity contribution in [3.63, 3.8) is 0 Å². The van der Waals surface area contributed by atoms with E-state index < -0.39 is 0 Å². The molecule has 0 aliphatic heterocycles. The number of nitrogens with zero attached hydrogens (tertiary/aromatic N) is 2. The lowest BCUT2D eigenvalue weighted by molar-refractivity contribution is 1.28. The molecule has 0 spiro atoms. The van der Waals surface area contributed by atoms with Crippen molar-refractivity contribution in [2.24, 2.45) is 0 Å². The van der Waals surface area contributed by atoms with E-state index in [0.29, 0.717) is 11.6 Å². The summed E-state index contributed by atoms with van der Waals surface area (Å²) in [6.45, 7) is 0. The largest absolute Gasteiger partial charge is 0.326 e. The Morgan fingerprint density at radius 1 is 1.12 bits per heavy atom. The van der Waals surface area contributed by atoms with Gasteiger partial charge in [0.25, 0.3) is 0 Å². The van der Waals surface area contributed by atoms with E-state index in [2.05, 4.69) is 36.2 Å². The van der Waals surface area contributed by atoms with Crippen LogP contribution in [0.1, 0.15) is 0 Å². The number of anilines is 2. The minimum Gasteiger partial charge on any atom is -0.326 e. The van der Waals surface area contributed by atoms with Gasteiger partial charge in [0.15, 0.2) is 5.65 Å². The quantitative estimate of drug-likeness (QED) is 0.759. The van der Waals surface area contributed by atoms with Crippen molar-refractivity contribution in [2.45, 2.75) is 0 Å². The standard InChI is InChI=1S/C12H9BrN4/c13-8-3-5-9(6-4-8)15-12-16-10-2-1-7-14-11(10)17-12/h1-7H,(H2,14,15,16,17). The topological polar surface area (TPSA) is 53.6 Å². The first-order valence-corrected chi connectivity index (χ1v) is 5.94. The molecule has 84 valence electrons. The summed E-state index contributed by atoms with van der Waals surface area (Å²) in [5.41, 5.74) is 2.62. The molecule has 0 bridgehead atoms. The maximum atomic E-state index is 4.34. The fourth-order valence-corrected chi connectivity index (χ4v) is 1.84. The monoisotopic (exact) mass is 288 g/mol. The van der Waals surface area contributed by atoms with Gasteiger partial charge in [-0.2, -0.15) is 4.98 Å². The molecule has 0 saturated carbocycles. The Kier molecular flexibility index (Phi) is 2.53. The average Bonchev–Trinajstić information content (AvgIpc) is 2.74. The first-order chi connectivity index (χ1) is 8.31. The number of benzene rings is 1. The fourth-order valence-electron chi connectivity index (χ4n) is 1.57. The molecule has 2 N–H and O–H groups in total. The SMILES string of the molecule is Brc1ccc(Nc2nc3ncccc3[nH]2)cc1. The Morgan fingerprint density at radius 2 is 1.94 bits per heavy atom. The third-order valence-corrected chi connectivity index (χ3v) is 2.89. The molecule has 0 fully saturated rings. The third kappa shape index (κ3) is 2.14. The van der Waals surface area contributed by atoms with E-state index >= 15 is 0 Å². The van der Waals surface area contributed by atoms with Crippen molar-refractivity contribution in [3.05, 3.63) is 47.1 Å². The van der Waals surface area contributed by atoms with Crippen LogP contribution in [0, 0.1) is 0 Å². The van der Waals surface area contributed by atoms with Crippen molar-refractivity contribution in [3.8, 4) is 0 Å². The van der Waals surface area contributed by atoms with Crippen LogP contribution in [-0.2, 0) is 0 Å². The molecule has 0 amide bonds. The fraction of sp³-hybridized carbons (Fsp3) is 0. The molecule has 0 atom stereocenters. The highest BCUT2D eigenvalue weighted by Gasteiger charge is 2.02. The molecular weight excluding hydrogens is 280 g/mol. The Hall–Kier alpha value is -1.88. The van der Waals surface area contributed by atoms with Gasteiger partial charge in [-0.15, -0.1) is 0 Å². The van der Waals surface area contributed by atoms with E-state index in [1.54, 1.807) is 6.20 Å². The molecule has 0 unspecified atom stereocenters. The van der Waals surface area contributed by atoms with Crippen LogP contribution in [0.3, 0.4) is 0 Å². The number of imidazole rings is 1. The molecule has 0 aliphatic carbocycles. The van der Waals surface area contributed by atoms with Gasteiger partial charge in [-0.05, 0) is 36.4 Å².